The third kappa shape index (κ3) is 2.78. The second-order valence-electron chi connectivity index (χ2n) is 5.27. The zero-order valence-electron chi connectivity index (χ0n) is 12.1. The largest absolute Gasteiger partial charge is 0.508 e. The van der Waals surface area contributed by atoms with E-state index in [1.807, 2.05) is 0 Å². The number of aromatic hydroxyl groups is 2. The number of hydrogen-bond donors (Lipinski definition) is 2. The molecule has 0 saturated carbocycles. The van der Waals surface area contributed by atoms with Crippen LogP contribution in [0.15, 0.2) is 54.6 Å². The molecule has 6 heteroatoms. The minimum atomic E-state index is -4.57. The van der Waals surface area contributed by atoms with Gasteiger partial charge < -0.3 is 10.2 Å². The number of ketones is 1. The molecule has 0 radical (unpaired) electrons. The number of halogens is 3. The lowest BCUT2D eigenvalue weighted by atomic mass is 9.95. The number of carbonyl (C=O) groups excluding carboxylic acids is 1. The molecule has 24 heavy (non-hydrogen) atoms. The van der Waals surface area contributed by atoms with Gasteiger partial charge in [0.2, 0.25) is 0 Å². The molecule has 0 unspecified atom stereocenters. The molecule has 0 fully saturated rings. The molecule has 3 aromatic carbocycles. The summed E-state index contributed by atoms with van der Waals surface area (Å²) in [6.07, 6.45) is -4.57. The van der Waals surface area contributed by atoms with Crippen LogP contribution in [0.1, 0.15) is 21.5 Å². The van der Waals surface area contributed by atoms with Crippen molar-refractivity contribution in [2.75, 3.05) is 0 Å². The standard InChI is InChI=1S/C18H11F3O3/c19-18(20,21)12-3-1-2-11(8-12)17(24)16-14-6-5-13(22)9-10(14)4-7-15(16)23/h1-9,22-23H. The van der Waals surface area contributed by atoms with Gasteiger partial charge in [-0.3, -0.25) is 4.79 Å². The van der Waals surface area contributed by atoms with Crippen molar-refractivity contribution >= 4 is 16.6 Å². The monoisotopic (exact) mass is 332 g/mol. The second kappa shape index (κ2) is 5.56. The number of carbonyl (C=O) groups is 1. The number of alkyl halides is 3. The fourth-order valence-corrected chi connectivity index (χ4v) is 2.53. The lowest BCUT2D eigenvalue weighted by molar-refractivity contribution is -0.137. The molecular formula is C18H11F3O3. The molecule has 0 bridgehead atoms. The quantitative estimate of drug-likeness (QED) is 0.679. The van der Waals surface area contributed by atoms with Crippen LogP contribution in [-0.2, 0) is 6.18 Å². The second-order valence-corrected chi connectivity index (χ2v) is 5.27. The zero-order chi connectivity index (χ0) is 17.5. The highest BCUT2D eigenvalue weighted by atomic mass is 19.4. The first-order valence-electron chi connectivity index (χ1n) is 6.94. The fraction of sp³-hybridized carbons (Fsp3) is 0.0556. The molecule has 2 N–H and O–H groups in total. The van der Waals surface area contributed by atoms with E-state index in [9.17, 15) is 28.2 Å². The third-order valence-corrected chi connectivity index (χ3v) is 3.66. The van der Waals surface area contributed by atoms with Crippen molar-refractivity contribution in [2.45, 2.75) is 6.18 Å². The van der Waals surface area contributed by atoms with Crippen LogP contribution in [0, 0.1) is 0 Å². The van der Waals surface area contributed by atoms with Crippen LogP contribution in [0.4, 0.5) is 13.2 Å². The molecule has 0 aliphatic rings. The van der Waals surface area contributed by atoms with Gasteiger partial charge in [0, 0.05) is 5.56 Å². The van der Waals surface area contributed by atoms with Crippen molar-refractivity contribution in [3.8, 4) is 11.5 Å². The predicted molar refractivity (Wildman–Crippen MR) is 82.2 cm³/mol. The average molecular weight is 332 g/mol. The Balaban J connectivity index is 2.18. The van der Waals surface area contributed by atoms with Crippen molar-refractivity contribution in [1.82, 2.24) is 0 Å². The molecule has 0 heterocycles. The summed E-state index contributed by atoms with van der Waals surface area (Å²) in [5.41, 5.74) is -1.22. The molecule has 0 amide bonds. The van der Waals surface area contributed by atoms with Crippen LogP contribution in [0.5, 0.6) is 11.5 Å². The number of fused-ring (bicyclic) bond motifs is 1. The van der Waals surface area contributed by atoms with E-state index < -0.39 is 17.5 Å². The first-order chi connectivity index (χ1) is 11.3. The summed E-state index contributed by atoms with van der Waals surface area (Å²) in [5, 5.41) is 20.4. The summed E-state index contributed by atoms with van der Waals surface area (Å²) in [4.78, 5) is 12.7. The summed E-state index contributed by atoms with van der Waals surface area (Å²) in [6, 6.07) is 11.0. The zero-order valence-corrected chi connectivity index (χ0v) is 12.1. The SMILES string of the molecule is O=C(c1cccc(C(F)(F)F)c1)c1c(O)ccc2cc(O)ccc12. The predicted octanol–water partition coefficient (Wildman–Crippen LogP) is 4.50. The smallest absolute Gasteiger partial charge is 0.416 e. The molecule has 0 aliphatic heterocycles. The van der Waals surface area contributed by atoms with E-state index in [0.29, 0.717) is 10.8 Å². The normalized spacial score (nSPS) is 11.6. The molecule has 0 atom stereocenters. The number of benzene rings is 3. The first kappa shape index (κ1) is 15.9. The summed E-state index contributed by atoms with van der Waals surface area (Å²) in [7, 11) is 0. The van der Waals surface area contributed by atoms with E-state index in [1.54, 1.807) is 0 Å². The summed E-state index contributed by atoms with van der Waals surface area (Å²) < 4.78 is 38.5. The maximum absolute atomic E-state index is 12.8. The molecule has 3 rings (SSSR count). The van der Waals surface area contributed by atoms with Crippen molar-refractivity contribution in [2.24, 2.45) is 0 Å². The van der Waals surface area contributed by atoms with Crippen molar-refractivity contribution in [1.29, 1.82) is 0 Å². The van der Waals surface area contributed by atoms with Gasteiger partial charge in [0.05, 0.1) is 11.1 Å². The Labute approximate surface area is 134 Å². The highest BCUT2D eigenvalue weighted by Gasteiger charge is 2.31. The van der Waals surface area contributed by atoms with E-state index in [0.717, 1.165) is 18.2 Å². The van der Waals surface area contributed by atoms with Crippen molar-refractivity contribution < 1.29 is 28.2 Å². The molecule has 0 aliphatic carbocycles. The number of hydrogen-bond acceptors (Lipinski definition) is 3. The van der Waals surface area contributed by atoms with Gasteiger partial charge in [-0.2, -0.15) is 13.2 Å². The highest BCUT2D eigenvalue weighted by molar-refractivity contribution is 6.18. The van der Waals surface area contributed by atoms with Crippen LogP contribution in [0.3, 0.4) is 0 Å². The van der Waals surface area contributed by atoms with Gasteiger partial charge in [-0.05, 0) is 47.2 Å². The van der Waals surface area contributed by atoms with Crippen LogP contribution < -0.4 is 0 Å². The van der Waals surface area contributed by atoms with Crippen molar-refractivity contribution in [3.63, 3.8) is 0 Å². The van der Waals surface area contributed by atoms with Gasteiger partial charge in [-0.15, -0.1) is 0 Å². The number of phenolic OH excluding ortho intramolecular Hbond substituents is 2. The van der Waals surface area contributed by atoms with Crippen LogP contribution in [0.2, 0.25) is 0 Å². The fourth-order valence-electron chi connectivity index (χ4n) is 2.53. The Hall–Kier alpha value is -3.02. The Kier molecular flexibility index (Phi) is 3.67. The minimum Gasteiger partial charge on any atom is -0.508 e. The van der Waals surface area contributed by atoms with Gasteiger partial charge in [-0.25, -0.2) is 0 Å². The third-order valence-electron chi connectivity index (χ3n) is 3.66. The van der Waals surface area contributed by atoms with Gasteiger partial charge in [0.15, 0.2) is 5.78 Å². The van der Waals surface area contributed by atoms with Crippen LogP contribution >= 0.6 is 0 Å². The van der Waals surface area contributed by atoms with Gasteiger partial charge in [0.1, 0.15) is 11.5 Å². The highest BCUT2D eigenvalue weighted by Crippen LogP contribution is 2.33. The Morgan fingerprint density at radius 2 is 1.67 bits per heavy atom. The summed E-state index contributed by atoms with van der Waals surface area (Å²) in [5.74, 6) is -1.09. The van der Waals surface area contributed by atoms with E-state index in [-0.39, 0.29) is 22.6 Å². The van der Waals surface area contributed by atoms with Crippen LogP contribution in [-0.4, -0.2) is 16.0 Å². The van der Waals surface area contributed by atoms with E-state index in [2.05, 4.69) is 0 Å². The average Bonchev–Trinajstić information content (AvgIpc) is 2.54. The summed E-state index contributed by atoms with van der Waals surface area (Å²) in [6.45, 7) is 0. The summed E-state index contributed by atoms with van der Waals surface area (Å²) >= 11 is 0. The molecule has 0 spiro atoms. The molecule has 0 saturated heterocycles. The van der Waals surface area contributed by atoms with Crippen molar-refractivity contribution in [3.05, 3.63) is 71.3 Å². The molecular weight excluding hydrogens is 321 g/mol. The van der Waals surface area contributed by atoms with Gasteiger partial charge in [-0.1, -0.05) is 18.2 Å². The Bertz CT molecular complexity index is 946. The topological polar surface area (TPSA) is 57.5 Å². The molecule has 0 aromatic heterocycles. The first-order valence-corrected chi connectivity index (χ1v) is 6.94. The van der Waals surface area contributed by atoms with E-state index in [1.165, 1.54) is 36.4 Å². The van der Waals surface area contributed by atoms with Gasteiger partial charge >= 0.3 is 6.18 Å². The molecule has 3 nitrogen and oxygen atoms in total. The number of rotatable bonds is 2. The Morgan fingerprint density at radius 3 is 2.38 bits per heavy atom. The maximum atomic E-state index is 12.8. The minimum absolute atomic E-state index is 0.0225. The van der Waals surface area contributed by atoms with E-state index >= 15 is 0 Å². The van der Waals surface area contributed by atoms with Crippen LogP contribution in [0.25, 0.3) is 10.8 Å². The number of phenols is 2. The van der Waals surface area contributed by atoms with E-state index in [4.69, 9.17) is 0 Å². The molecule has 3 aromatic rings. The lowest BCUT2D eigenvalue weighted by Crippen LogP contribution is -2.08. The van der Waals surface area contributed by atoms with Gasteiger partial charge in [0.25, 0.3) is 0 Å². The Morgan fingerprint density at radius 1 is 0.917 bits per heavy atom. The maximum Gasteiger partial charge on any atom is 0.416 e. The molecule has 122 valence electrons. The lowest BCUT2D eigenvalue weighted by Gasteiger charge is -2.11.